The molecule has 1 aliphatic rings. The molecule has 0 unspecified atom stereocenters. The van der Waals surface area contributed by atoms with Crippen molar-refractivity contribution in [1.82, 2.24) is 14.3 Å². The van der Waals surface area contributed by atoms with Crippen molar-refractivity contribution in [1.29, 1.82) is 0 Å². The van der Waals surface area contributed by atoms with E-state index in [0.29, 0.717) is 18.0 Å². The number of likely N-dealkylation sites (N-methyl/N-ethyl adjacent to an activating group) is 1. The van der Waals surface area contributed by atoms with Crippen molar-refractivity contribution in [3.63, 3.8) is 0 Å². The molecule has 0 saturated heterocycles. The number of fused-ring (bicyclic) bond motifs is 1. The molecule has 1 saturated carbocycles. The Labute approximate surface area is 123 Å². The summed E-state index contributed by atoms with van der Waals surface area (Å²) in [5, 5.41) is 12.7. The topological polar surface area (TPSA) is 69.9 Å². The number of rotatable bonds is 5. The van der Waals surface area contributed by atoms with E-state index in [2.05, 4.69) is 29.3 Å². The Morgan fingerprint density at radius 3 is 2.81 bits per heavy atom. The number of nitrogens with one attached hydrogen (secondary N) is 1. The number of carboxylic acids is 1. The maximum Gasteiger partial charge on any atom is 0.356 e. The van der Waals surface area contributed by atoms with Crippen molar-refractivity contribution in [3.05, 3.63) is 30.1 Å². The quantitative estimate of drug-likeness (QED) is 0.879. The second kappa shape index (κ2) is 5.04. The molecule has 2 aromatic rings. The highest BCUT2D eigenvalue weighted by atomic mass is 16.4. The van der Waals surface area contributed by atoms with E-state index in [1.165, 1.54) is 6.42 Å². The molecule has 6 nitrogen and oxygen atoms in total. The Kier molecular flexibility index (Phi) is 3.33. The Balaban J connectivity index is 1.90. The lowest BCUT2D eigenvalue weighted by molar-refractivity contribution is 0.0686. The van der Waals surface area contributed by atoms with Crippen LogP contribution in [0.25, 0.3) is 5.65 Å². The summed E-state index contributed by atoms with van der Waals surface area (Å²) in [4.78, 5) is 18.2. The number of aromatic nitrogens is 2. The Morgan fingerprint density at radius 1 is 1.48 bits per heavy atom. The zero-order valence-electron chi connectivity index (χ0n) is 12.3. The average Bonchev–Trinajstić information content (AvgIpc) is 2.75. The summed E-state index contributed by atoms with van der Waals surface area (Å²) < 4.78 is 1.60. The summed E-state index contributed by atoms with van der Waals surface area (Å²) in [6.45, 7) is 0.712. The van der Waals surface area contributed by atoms with E-state index in [1.807, 2.05) is 12.1 Å². The van der Waals surface area contributed by atoms with Gasteiger partial charge in [0.15, 0.2) is 11.5 Å². The van der Waals surface area contributed by atoms with Gasteiger partial charge in [0, 0.05) is 18.3 Å². The van der Waals surface area contributed by atoms with Crippen LogP contribution < -0.4 is 5.32 Å². The monoisotopic (exact) mass is 288 g/mol. The first-order valence-electron chi connectivity index (χ1n) is 7.15. The highest BCUT2D eigenvalue weighted by Gasteiger charge is 2.39. The molecule has 3 rings (SSSR count). The number of hydrogen-bond acceptors (Lipinski definition) is 4. The van der Waals surface area contributed by atoms with E-state index < -0.39 is 5.97 Å². The van der Waals surface area contributed by atoms with E-state index in [-0.39, 0.29) is 11.2 Å². The van der Waals surface area contributed by atoms with Gasteiger partial charge in [0.1, 0.15) is 5.65 Å². The molecule has 2 aromatic heterocycles. The van der Waals surface area contributed by atoms with E-state index in [1.54, 1.807) is 16.7 Å². The normalized spacial score (nSPS) is 16.9. The van der Waals surface area contributed by atoms with Crippen LogP contribution in [-0.2, 0) is 0 Å². The van der Waals surface area contributed by atoms with Gasteiger partial charge >= 0.3 is 5.97 Å². The largest absolute Gasteiger partial charge is 0.476 e. The lowest BCUT2D eigenvalue weighted by Crippen LogP contribution is -2.54. The molecule has 1 fully saturated rings. The molecule has 1 aliphatic carbocycles. The maximum atomic E-state index is 11.5. The fourth-order valence-electron chi connectivity index (χ4n) is 2.94. The van der Waals surface area contributed by atoms with E-state index in [0.717, 1.165) is 12.8 Å². The van der Waals surface area contributed by atoms with Crippen LogP contribution in [0.5, 0.6) is 0 Å². The van der Waals surface area contributed by atoms with Crippen molar-refractivity contribution in [2.24, 2.45) is 0 Å². The number of nitrogens with zero attached hydrogens (tertiary/aromatic N) is 3. The molecule has 6 heteroatoms. The Bertz CT molecular complexity index is 673. The number of carbonyl (C=O) groups is 1. The first-order chi connectivity index (χ1) is 10.0. The minimum absolute atomic E-state index is 0.117. The first kappa shape index (κ1) is 13.9. The summed E-state index contributed by atoms with van der Waals surface area (Å²) in [7, 11) is 4.14. The molecule has 0 amide bonds. The molecule has 0 atom stereocenters. The number of anilines is 1. The SMILES string of the molecule is CN(C)C1(CNc2nc3ccccn3c2C(=O)O)CCC1. The van der Waals surface area contributed by atoms with Gasteiger partial charge in [-0.25, -0.2) is 9.78 Å². The third-order valence-corrected chi connectivity index (χ3v) is 4.55. The van der Waals surface area contributed by atoms with Crippen LogP contribution in [-0.4, -0.2) is 51.5 Å². The highest BCUT2D eigenvalue weighted by Crippen LogP contribution is 2.36. The van der Waals surface area contributed by atoms with Gasteiger partial charge < -0.3 is 15.3 Å². The van der Waals surface area contributed by atoms with Crippen molar-refractivity contribution in [2.45, 2.75) is 24.8 Å². The summed E-state index contributed by atoms with van der Waals surface area (Å²) in [5.41, 5.74) is 0.953. The van der Waals surface area contributed by atoms with Gasteiger partial charge in [-0.2, -0.15) is 0 Å². The third-order valence-electron chi connectivity index (χ3n) is 4.55. The van der Waals surface area contributed by atoms with Crippen molar-refractivity contribution < 1.29 is 9.90 Å². The molecule has 0 aromatic carbocycles. The molecule has 2 N–H and O–H groups in total. The maximum absolute atomic E-state index is 11.5. The van der Waals surface area contributed by atoms with Crippen LogP contribution in [0.3, 0.4) is 0 Å². The van der Waals surface area contributed by atoms with Gasteiger partial charge in [-0.15, -0.1) is 0 Å². The van der Waals surface area contributed by atoms with E-state index >= 15 is 0 Å². The standard InChI is InChI=1S/C15H20N4O2/c1-18(2)15(7-5-8-15)10-16-13-12(14(20)21)19-9-4-3-6-11(19)17-13/h3-4,6,9,16H,5,7-8,10H2,1-2H3,(H,20,21). The second-order valence-corrected chi connectivity index (χ2v) is 5.87. The average molecular weight is 288 g/mol. The van der Waals surface area contributed by atoms with Gasteiger partial charge in [-0.1, -0.05) is 6.07 Å². The lowest BCUT2D eigenvalue weighted by atomic mass is 9.75. The summed E-state index contributed by atoms with van der Waals surface area (Å²) >= 11 is 0. The first-order valence-corrected chi connectivity index (χ1v) is 7.15. The molecule has 0 radical (unpaired) electrons. The summed E-state index contributed by atoms with van der Waals surface area (Å²) in [6.07, 6.45) is 5.20. The Morgan fingerprint density at radius 2 is 2.24 bits per heavy atom. The fraction of sp³-hybridized carbons (Fsp3) is 0.467. The van der Waals surface area contributed by atoms with Gasteiger partial charge in [-0.3, -0.25) is 4.40 Å². The zero-order valence-corrected chi connectivity index (χ0v) is 12.3. The molecular formula is C15H20N4O2. The van der Waals surface area contributed by atoms with Gasteiger partial charge in [-0.05, 0) is 45.5 Å². The van der Waals surface area contributed by atoms with Crippen molar-refractivity contribution >= 4 is 17.4 Å². The van der Waals surface area contributed by atoms with Crippen LogP contribution in [0.2, 0.25) is 0 Å². The molecule has 0 spiro atoms. The van der Waals surface area contributed by atoms with Crippen LogP contribution in [0.1, 0.15) is 29.8 Å². The number of hydrogen-bond donors (Lipinski definition) is 2. The number of carboxylic acid groups (broad SMARTS) is 1. The van der Waals surface area contributed by atoms with Crippen molar-refractivity contribution in [3.8, 4) is 0 Å². The van der Waals surface area contributed by atoms with E-state index in [4.69, 9.17) is 0 Å². The minimum atomic E-state index is -0.969. The predicted molar refractivity (Wildman–Crippen MR) is 80.9 cm³/mol. The molecular weight excluding hydrogens is 268 g/mol. The highest BCUT2D eigenvalue weighted by molar-refractivity contribution is 5.92. The Hall–Kier alpha value is -2.08. The second-order valence-electron chi connectivity index (χ2n) is 5.87. The van der Waals surface area contributed by atoms with Gasteiger partial charge in [0.2, 0.25) is 0 Å². The molecule has 112 valence electrons. The molecule has 21 heavy (non-hydrogen) atoms. The van der Waals surface area contributed by atoms with Gasteiger partial charge in [0.05, 0.1) is 0 Å². The van der Waals surface area contributed by atoms with Crippen LogP contribution in [0.4, 0.5) is 5.82 Å². The van der Waals surface area contributed by atoms with Crippen LogP contribution >= 0.6 is 0 Å². The third kappa shape index (κ3) is 2.25. The zero-order chi connectivity index (χ0) is 15.0. The van der Waals surface area contributed by atoms with E-state index in [9.17, 15) is 9.90 Å². The number of pyridine rings is 1. The predicted octanol–water partition coefficient (Wildman–Crippen LogP) is 1.93. The van der Waals surface area contributed by atoms with Gasteiger partial charge in [0.25, 0.3) is 0 Å². The molecule has 0 aliphatic heterocycles. The minimum Gasteiger partial charge on any atom is -0.476 e. The number of imidazole rings is 1. The molecule has 0 bridgehead atoms. The van der Waals surface area contributed by atoms with Crippen molar-refractivity contribution in [2.75, 3.05) is 26.0 Å². The summed E-state index contributed by atoms with van der Waals surface area (Å²) in [6, 6.07) is 5.46. The smallest absolute Gasteiger partial charge is 0.356 e. The number of aromatic carboxylic acids is 1. The van der Waals surface area contributed by atoms with Crippen LogP contribution in [0, 0.1) is 0 Å². The molecule has 2 heterocycles. The fourth-order valence-corrected chi connectivity index (χ4v) is 2.94. The lowest BCUT2D eigenvalue weighted by Gasteiger charge is -2.47. The van der Waals surface area contributed by atoms with Crippen LogP contribution in [0.15, 0.2) is 24.4 Å². The summed E-state index contributed by atoms with van der Waals surface area (Å²) in [5.74, 6) is -0.523.